The van der Waals surface area contributed by atoms with Crippen molar-refractivity contribution in [2.24, 2.45) is 0 Å². The van der Waals surface area contributed by atoms with Crippen molar-refractivity contribution in [2.75, 3.05) is 26.3 Å². The standard InChI is InChI=1S/C11H14BrFN2O/c12-10-5-9(6-11(13)7-10)8-14-15-1-3-16-4-2-15/h5-7,14H,1-4,8H2. The van der Waals surface area contributed by atoms with Gasteiger partial charge in [0.25, 0.3) is 0 Å². The predicted octanol–water partition coefficient (Wildman–Crippen LogP) is 1.92. The second-order valence-corrected chi connectivity index (χ2v) is 4.63. The van der Waals surface area contributed by atoms with Gasteiger partial charge in [0.1, 0.15) is 5.82 Å². The fourth-order valence-corrected chi connectivity index (χ4v) is 2.15. The number of hydrogen-bond acceptors (Lipinski definition) is 3. The van der Waals surface area contributed by atoms with Crippen LogP contribution in [0.15, 0.2) is 22.7 Å². The highest BCUT2D eigenvalue weighted by atomic mass is 79.9. The second-order valence-electron chi connectivity index (χ2n) is 3.71. The molecule has 0 unspecified atom stereocenters. The third kappa shape index (κ3) is 3.52. The Kier molecular flexibility index (Phi) is 4.29. The molecule has 16 heavy (non-hydrogen) atoms. The monoisotopic (exact) mass is 288 g/mol. The van der Waals surface area contributed by atoms with Crippen LogP contribution in [0.4, 0.5) is 4.39 Å². The van der Waals surface area contributed by atoms with E-state index in [2.05, 4.69) is 26.4 Å². The molecule has 3 nitrogen and oxygen atoms in total. The highest BCUT2D eigenvalue weighted by molar-refractivity contribution is 9.10. The third-order valence-corrected chi connectivity index (χ3v) is 2.90. The first kappa shape index (κ1) is 12.0. The number of benzene rings is 1. The zero-order valence-corrected chi connectivity index (χ0v) is 10.5. The van der Waals surface area contributed by atoms with Crippen molar-refractivity contribution in [3.8, 4) is 0 Å². The van der Waals surface area contributed by atoms with Gasteiger partial charge in [-0.05, 0) is 23.8 Å². The van der Waals surface area contributed by atoms with E-state index in [1.807, 2.05) is 6.07 Å². The fraction of sp³-hybridized carbons (Fsp3) is 0.455. The predicted molar refractivity (Wildman–Crippen MR) is 63.3 cm³/mol. The molecule has 0 spiro atoms. The summed E-state index contributed by atoms with van der Waals surface area (Å²) in [7, 11) is 0. The van der Waals surface area contributed by atoms with E-state index in [9.17, 15) is 4.39 Å². The van der Waals surface area contributed by atoms with Crippen LogP contribution in [0, 0.1) is 5.82 Å². The minimum atomic E-state index is -0.215. The summed E-state index contributed by atoms with van der Waals surface area (Å²) in [4.78, 5) is 0. The molecule has 1 aromatic rings. The van der Waals surface area contributed by atoms with Gasteiger partial charge in [0, 0.05) is 24.1 Å². The Hall–Kier alpha value is -0.490. The van der Waals surface area contributed by atoms with Crippen molar-refractivity contribution in [3.63, 3.8) is 0 Å². The first-order valence-electron chi connectivity index (χ1n) is 5.25. The molecule has 0 atom stereocenters. The average molecular weight is 289 g/mol. The van der Waals surface area contributed by atoms with Gasteiger partial charge in [0.05, 0.1) is 13.2 Å². The lowest BCUT2D eigenvalue weighted by molar-refractivity contribution is 0.0105. The van der Waals surface area contributed by atoms with Crippen LogP contribution in [-0.2, 0) is 11.3 Å². The zero-order valence-electron chi connectivity index (χ0n) is 8.88. The molecule has 1 aliphatic heterocycles. The molecule has 1 saturated heterocycles. The van der Waals surface area contributed by atoms with Gasteiger partial charge < -0.3 is 4.74 Å². The average Bonchev–Trinajstić information content (AvgIpc) is 2.27. The summed E-state index contributed by atoms with van der Waals surface area (Å²) in [5.74, 6) is -0.215. The van der Waals surface area contributed by atoms with Crippen molar-refractivity contribution >= 4 is 15.9 Å². The molecule has 1 heterocycles. The Balaban J connectivity index is 1.88. The molecule has 5 heteroatoms. The first-order chi connectivity index (χ1) is 7.74. The van der Waals surface area contributed by atoms with E-state index in [4.69, 9.17) is 4.74 Å². The van der Waals surface area contributed by atoms with Crippen molar-refractivity contribution in [2.45, 2.75) is 6.54 Å². The molecule has 0 bridgehead atoms. The number of hydrogen-bond donors (Lipinski definition) is 1. The molecule has 0 saturated carbocycles. The SMILES string of the molecule is Fc1cc(Br)cc(CNN2CCOCC2)c1. The van der Waals surface area contributed by atoms with Gasteiger partial charge in [-0.15, -0.1) is 0 Å². The van der Waals surface area contributed by atoms with E-state index < -0.39 is 0 Å². The maximum absolute atomic E-state index is 13.1. The lowest BCUT2D eigenvalue weighted by atomic mass is 10.2. The maximum Gasteiger partial charge on any atom is 0.124 e. The van der Waals surface area contributed by atoms with Gasteiger partial charge in [0.2, 0.25) is 0 Å². The minimum absolute atomic E-state index is 0.215. The number of hydrazine groups is 1. The Morgan fingerprint density at radius 1 is 1.31 bits per heavy atom. The third-order valence-electron chi connectivity index (χ3n) is 2.44. The molecule has 1 aromatic carbocycles. The maximum atomic E-state index is 13.1. The van der Waals surface area contributed by atoms with Crippen LogP contribution >= 0.6 is 15.9 Å². The summed E-state index contributed by atoms with van der Waals surface area (Å²) in [6.45, 7) is 3.88. The molecule has 0 amide bonds. The van der Waals surface area contributed by atoms with E-state index >= 15 is 0 Å². The molecule has 2 rings (SSSR count). The second kappa shape index (κ2) is 5.72. The first-order valence-corrected chi connectivity index (χ1v) is 6.04. The molecule has 1 N–H and O–H groups in total. The molecule has 1 aliphatic rings. The fourth-order valence-electron chi connectivity index (χ4n) is 1.64. The summed E-state index contributed by atoms with van der Waals surface area (Å²) >= 11 is 3.28. The number of rotatable bonds is 3. The normalized spacial score (nSPS) is 17.6. The molecular weight excluding hydrogens is 275 g/mol. The van der Waals surface area contributed by atoms with Gasteiger partial charge in [-0.1, -0.05) is 15.9 Å². The molecule has 88 valence electrons. The molecule has 0 aromatic heterocycles. The van der Waals surface area contributed by atoms with Crippen LogP contribution in [0.1, 0.15) is 5.56 Å². The number of morpholine rings is 1. The topological polar surface area (TPSA) is 24.5 Å². The molecule has 1 fully saturated rings. The van der Waals surface area contributed by atoms with Crippen LogP contribution < -0.4 is 5.43 Å². The zero-order chi connectivity index (χ0) is 11.4. The largest absolute Gasteiger partial charge is 0.379 e. The highest BCUT2D eigenvalue weighted by Gasteiger charge is 2.09. The lowest BCUT2D eigenvalue weighted by Gasteiger charge is -2.27. The van der Waals surface area contributed by atoms with Crippen LogP contribution in [0.2, 0.25) is 0 Å². The Morgan fingerprint density at radius 3 is 2.75 bits per heavy atom. The summed E-state index contributed by atoms with van der Waals surface area (Å²) in [5.41, 5.74) is 4.19. The molecular formula is C11H14BrFN2O. The van der Waals surface area contributed by atoms with Crippen molar-refractivity contribution in [3.05, 3.63) is 34.1 Å². The van der Waals surface area contributed by atoms with Gasteiger partial charge >= 0.3 is 0 Å². The Labute approximate surface area is 103 Å². The van der Waals surface area contributed by atoms with Gasteiger partial charge in [0.15, 0.2) is 0 Å². The van der Waals surface area contributed by atoms with E-state index in [0.717, 1.165) is 36.3 Å². The molecule has 0 radical (unpaired) electrons. The van der Waals surface area contributed by atoms with Gasteiger partial charge in [-0.3, -0.25) is 5.43 Å². The number of ether oxygens (including phenoxy) is 1. The van der Waals surface area contributed by atoms with Crippen LogP contribution in [0.5, 0.6) is 0 Å². The quantitative estimate of drug-likeness (QED) is 0.920. The van der Waals surface area contributed by atoms with E-state index in [0.29, 0.717) is 6.54 Å². The van der Waals surface area contributed by atoms with Crippen molar-refractivity contribution in [1.82, 2.24) is 10.4 Å². The van der Waals surface area contributed by atoms with E-state index in [1.165, 1.54) is 12.1 Å². The van der Waals surface area contributed by atoms with E-state index in [-0.39, 0.29) is 5.82 Å². The number of nitrogens with zero attached hydrogens (tertiary/aromatic N) is 1. The molecule has 0 aliphatic carbocycles. The summed E-state index contributed by atoms with van der Waals surface area (Å²) in [6.07, 6.45) is 0. The Morgan fingerprint density at radius 2 is 2.06 bits per heavy atom. The van der Waals surface area contributed by atoms with Crippen LogP contribution in [0.3, 0.4) is 0 Å². The highest BCUT2D eigenvalue weighted by Crippen LogP contribution is 2.14. The van der Waals surface area contributed by atoms with Gasteiger partial charge in [-0.25, -0.2) is 9.40 Å². The Bertz CT molecular complexity index is 336. The summed E-state index contributed by atoms with van der Waals surface area (Å²) in [5, 5.41) is 2.10. The van der Waals surface area contributed by atoms with E-state index in [1.54, 1.807) is 0 Å². The van der Waals surface area contributed by atoms with Crippen LogP contribution in [-0.4, -0.2) is 31.3 Å². The van der Waals surface area contributed by atoms with Crippen molar-refractivity contribution in [1.29, 1.82) is 0 Å². The summed E-state index contributed by atoms with van der Waals surface area (Å²) < 4.78 is 19.1. The lowest BCUT2D eigenvalue weighted by Crippen LogP contribution is -2.45. The smallest absolute Gasteiger partial charge is 0.124 e. The van der Waals surface area contributed by atoms with Crippen molar-refractivity contribution < 1.29 is 9.13 Å². The van der Waals surface area contributed by atoms with Crippen LogP contribution in [0.25, 0.3) is 0 Å². The minimum Gasteiger partial charge on any atom is -0.379 e. The summed E-state index contributed by atoms with van der Waals surface area (Å²) in [6, 6.07) is 4.91. The number of nitrogens with one attached hydrogen (secondary N) is 1. The van der Waals surface area contributed by atoms with Gasteiger partial charge in [-0.2, -0.15) is 0 Å². The number of halogens is 2.